The average molecular weight is 373 g/mol. The van der Waals surface area contributed by atoms with Crippen LogP contribution in [0.1, 0.15) is 44.5 Å². The molecule has 0 atom stereocenters. The molecular weight excluding hydrogens is 350 g/mol. The van der Waals surface area contributed by atoms with Gasteiger partial charge in [-0.05, 0) is 42.7 Å². The number of aryl methyl sites for hydroxylation is 2. The molecule has 1 aromatic heterocycles. The number of amides is 2. The molecule has 0 aliphatic rings. The van der Waals surface area contributed by atoms with Crippen molar-refractivity contribution in [2.45, 2.75) is 26.8 Å². The van der Waals surface area contributed by atoms with E-state index in [1.54, 1.807) is 6.07 Å². The number of benzene rings is 2. The van der Waals surface area contributed by atoms with Gasteiger partial charge in [0.05, 0.1) is 0 Å². The zero-order chi connectivity index (χ0) is 19.9. The van der Waals surface area contributed by atoms with Crippen molar-refractivity contribution in [1.82, 2.24) is 10.3 Å². The van der Waals surface area contributed by atoms with Crippen LogP contribution in [0.4, 0.5) is 5.69 Å². The number of hydrogen-bond donors (Lipinski definition) is 2. The summed E-state index contributed by atoms with van der Waals surface area (Å²) in [6, 6.07) is 18.7. The fraction of sp³-hybridized carbons (Fsp3) is 0.174. The number of rotatable bonds is 6. The fourth-order valence-corrected chi connectivity index (χ4v) is 2.94. The van der Waals surface area contributed by atoms with Crippen LogP contribution in [0.25, 0.3) is 0 Å². The minimum atomic E-state index is -0.315. The largest absolute Gasteiger partial charge is 0.347 e. The van der Waals surface area contributed by atoms with Gasteiger partial charge in [-0.15, -0.1) is 0 Å². The van der Waals surface area contributed by atoms with Gasteiger partial charge in [0, 0.05) is 24.0 Å². The Morgan fingerprint density at radius 2 is 1.79 bits per heavy atom. The number of nitrogens with zero attached hydrogens (tertiary/aromatic N) is 1. The SMILES string of the molecule is CCc1ccccc1NC(=O)c1ccnc(C(=O)NCc2cccc(C)c2)c1. The minimum absolute atomic E-state index is 0.212. The summed E-state index contributed by atoms with van der Waals surface area (Å²) in [5, 5.41) is 5.75. The minimum Gasteiger partial charge on any atom is -0.347 e. The number of anilines is 1. The molecule has 1 heterocycles. The summed E-state index contributed by atoms with van der Waals surface area (Å²) in [6.07, 6.45) is 2.29. The molecule has 0 aliphatic heterocycles. The van der Waals surface area contributed by atoms with Crippen molar-refractivity contribution >= 4 is 17.5 Å². The number of pyridine rings is 1. The normalized spacial score (nSPS) is 10.4. The van der Waals surface area contributed by atoms with Crippen LogP contribution >= 0.6 is 0 Å². The lowest BCUT2D eigenvalue weighted by atomic mass is 10.1. The van der Waals surface area contributed by atoms with Crippen LogP contribution in [0.15, 0.2) is 66.9 Å². The molecule has 0 unspecified atom stereocenters. The summed E-state index contributed by atoms with van der Waals surface area (Å²) < 4.78 is 0. The van der Waals surface area contributed by atoms with Gasteiger partial charge in [0.25, 0.3) is 11.8 Å². The topological polar surface area (TPSA) is 71.1 Å². The number of carbonyl (C=O) groups is 2. The highest BCUT2D eigenvalue weighted by Crippen LogP contribution is 2.17. The van der Waals surface area contributed by atoms with Crippen LogP contribution in [0.3, 0.4) is 0 Å². The smallest absolute Gasteiger partial charge is 0.270 e. The van der Waals surface area contributed by atoms with Gasteiger partial charge >= 0.3 is 0 Å². The van der Waals surface area contributed by atoms with E-state index < -0.39 is 0 Å². The molecule has 2 amide bonds. The maximum Gasteiger partial charge on any atom is 0.270 e. The zero-order valence-electron chi connectivity index (χ0n) is 16.0. The summed E-state index contributed by atoms with van der Waals surface area (Å²) in [5.41, 5.74) is 4.58. The Balaban J connectivity index is 1.69. The second-order valence-corrected chi connectivity index (χ2v) is 6.57. The lowest BCUT2D eigenvalue weighted by molar-refractivity contribution is 0.0946. The highest BCUT2D eigenvalue weighted by Gasteiger charge is 2.13. The van der Waals surface area contributed by atoms with E-state index in [2.05, 4.69) is 15.6 Å². The first kappa shape index (κ1) is 19.3. The van der Waals surface area contributed by atoms with Gasteiger partial charge in [-0.25, -0.2) is 0 Å². The maximum atomic E-state index is 12.6. The first-order chi connectivity index (χ1) is 13.6. The van der Waals surface area contributed by atoms with E-state index >= 15 is 0 Å². The second kappa shape index (κ2) is 8.95. The van der Waals surface area contributed by atoms with Crippen molar-refractivity contribution < 1.29 is 9.59 Å². The van der Waals surface area contributed by atoms with Gasteiger partial charge in [-0.1, -0.05) is 55.0 Å². The molecule has 5 nitrogen and oxygen atoms in total. The van der Waals surface area contributed by atoms with E-state index in [9.17, 15) is 9.59 Å². The van der Waals surface area contributed by atoms with E-state index in [1.165, 1.54) is 12.3 Å². The van der Waals surface area contributed by atoms with Crippen molar-refractivity contribution in [2.75, 3.05) is 5.32 Å². The Hall–Kier alpha value is -3.47. The number of para-hydroxylation sites is 1. The third kappa shape index (κ3) is 4.82. The van der Waals surface area contributed by atoms with E-state index in [0.717, 1.165) is 28.8 Å². The third-order valence-electron chi connectivity index (χ3n) is 4.44. The highest BCUT2D eigenvalue weighted by molar-refractivity contribution is 6.06. The lowest BCUT2D eigenvalue weighted by Gasteiger charge is -2.10. The molecule has 0 spiro atoms. The Morgan fingerprint density at radius 1 is 0.964 bits per heavy atom. The first-order valence-corrected chi connectivity index (χ1v) is 9.26. The van der Waals surface area contributed by atoms with E-state index in [0.29, 0.717) is 12.1 Å². The molecule has 0 saturated carbocycles. The molecule has 3 rings (SSSR count). The van der Waals surface area contributed by atoms with Crippen LogP contribution in [0.2, 0.25) is 0 Å². The molecule has 0 aliphatic carbocycles. The van der Waals surface area contributed by atoms with Gasteiger partial charge in [-0.2, -0.15) is 0 Å². The van der Waals surface area contributed by atoms with Crippen molar-refractivity contribution in [3.63, 3.8) is 0 Å². The summed E-state index contributed by atoms with van der Waals surface area (Å²) in [6.45, 7) is 4.45. The fourth-order valence-electron chi connectivity index (χ4n) is 2.94. The second-order valence-electron chi connectivity index (χ2n) is 6.57. The van der Waals surface area contributed by atoms with E-state index in [-0.39, 0.29) is 17.5 Å². The molecule has 0 saturated heterocycles. The van der Waals surface area contributed by atoms with Gasteiger partial charge in [0.2, 0.25) is 0 Å². The van der Waals surface area contributed by atoms with Crippen LogP contribution in [0, 0.1) is 6.92 Å². The van der Waals surface area contributed by atoms with Gasteiger partial charge in [-0.3, -0.25) is 14.6 Å². The molecule has 5 heteroatoms. The number of aromatic nitrogens is 1. The third-order valence-corrected chi connectivity index (χ3v) is 4.44. The Labute approximate surface area is 164 Å². The Bertz CT molecular complexity index is 998. The molecule has 0 fully saturated rings. The number of hydrogen-bond acceptors (Lipinski definition) is 3. The van der Waals surface area contributed by atoms with Crippen LogP contribution in [-0.2, 0) is 13.0 Å². The van der Waals surface area contributed by atoms with Crippen molar-refractivity contribution in [3.8, 4) is 0 Å². The molecule has 142 valence electrons. The Kier molecular flexibility index (Phi) is 6.17. The van der Waals surface area contributed by atoms with E-state index in [4.69, 9.17) is 0 Å². The van der Waals surface area contributed by atoms with Gasteiger partial charge in [0.15, 0.2) is 0 Å². The Morgan fingerprint density at radius 3 is 2.57 bits per heavy atom. The summed E-state index contributed by atoms with van der Waals surface area (Å²) in [5.74, 6) is -0.582. The first-order valence-electron chi connectivity index (χ1n) is 9.26. The van der Waals surface area contributed by atoms with E-state index in [1.807, 2.05) is 62.4 Å². The summed E-state index contributed by atoms with van der Waals surface area (Å²) in [7, 11) is 0. The lowest BCUT2D eigenvalue weighted by Crippen LogP contribution is -2.24. The van der Waals surface area contributed by atoms with Crippen LogP contribution < -0.4 is 10.6 Å². The summed E-state index contributed by atoms with van der Waals surface area (Å²) >= 11 is 0. The van der Waals surface area contributed by atoms with Gasteiger partial charge < -0.3 is 10.6 Å². The molecule has 3 aromatic rings. The summed E-state index contributed by atoms with van der Waals surface area (Å²) in [4.78, 5) is 29.1. The van der Waals surface area contributed by atoms with Gasteiger partial charge in [0.1, 0.15) is 5.69 Å². The molecular formula is C23H23N3O2. The standard InChI is InChI=1S/C23H23N3O2/c1-3-18-9-4-5-10-20(18)26-22(27)19-11-12-24-21(14-19)23(28)25-15-17-8-6-7-16(2)13-17/h4-14H,3,15H2,1-2H3,(H,25,28)(H,26,27). The molecule has 2 N–H and O–H groups in total. The predicted octanol–water partition coefficient (Wildman–Crippen LogP) is 4.13. The van der Waals surface area contributed by atoms with Crippen LogP contribution in [0.5, 0.6) is 0 Å². The van der Waals surface area contributed by atoms with Crippen LogP contribution in [-0.4, -0.2) is 16.8 Å². The average Bonchev–Trinajstić information content (AvgIpc) is 2.72. The monoisotopic (exact) mass is 373 g/mol. The number of nitrogens with one attached hydrogen (secondary N) is 2. The highest BCUT2D eigenvalue weighted by atomic mass is 16.2. The molecule has 2 aromatic carbocycles. The molecule has 0 radical (unpaired) electrons. The quantitative estimate of drug-likeness (QED) is 0.682. The number of carbonyl (C=O) groups excluding carboxylic acids is 2. The van der Waals surface area contributed by atoms with Crippen molar-refractivity contribution in [3.05, 3.63) is 94.8 Å². The molecule has 28 heavy (non-hydrogen) atoms. The van der Waals surface area contributed by atoms with Crippen molar-refractivity contribution in [2.24, 2.45) is 0 Å². The zero-order valence-corrected chi connectivity index (χ0v) is 16.0. The maximum absolute atomic E-state index is 12.6. The van der Waals surface area contributed by atoms with Crippen molar-refractivity contribution in [1.29, 1.82) is 0 Å². The predicted molar refractivity (Wildman–Crippen MR) is 110 cm³/mol. The molecule has 0 bridgehead atoms.